The first-order valence-corrected chi connectivity index (χ1v) is 8.97. The Morgan fingerprint density at radius 3 is 2.72 bits per heavy atom. The van der Waals surface area contributed by atoms with Crippen LogP contribution in [0.3, 0.4) is 0 Å². The Morgan fingerprint density at radius 2 is 2.03 bits per heavy atom. The molecule has 2 aromatic heterocycles. The number of nitrogens with zero attached hydrogens (tertiary/aromatic N) is 4. The van der Waals surface area contributed by atoms with Gasteiger partial charge in [-0.2, -0.15) is 23.4 Å². The lowest BCUT2D eigenvalue weighted by Gasteiger charge is -2.10. The van der Waals surface area contributed by atoms with Gasteiger partial charge < -0.3 is 10.1 Å². The van der Waals surface area contributed by atoms with Crippen LogP contribution in [-0.4, -0.2) is 25.5 Å². The summed E-state index contributed by atoms with van der Waals surface area (Å²) >= 11 is 6.05. The second-order valence-corrected chi connectivity index (χ2v) is 6.41. The summed E-state index contributed by atoms with van der Waals surface area (Å²) in [7, 11) is 0. The molecule has 0 unspecified atom stereocenters. The SMILES string of the molecule is CCn1cc(Cl)c(CNC(=O)c2ccn(COc3cccc(C(F)(F)F)c3)n2)n1. The van der Waals surface area contributed by atoms with E-state index in [1.54, 1.807) is 10.9 Å². The Balaban J connectivity index is 1.56. The average molecular weight is 428 g/mol. The zero-order valence-electron chi connectivity index (χ0n) is 15.3. The molecule has 0 saturated heterocycles. The molecule has 0 radical (unpaired) electrons. The Bertz CT molecular complexity index is 1000. The Labute approximate surface area is 169 Å². The molecule has 0 aliphatic heterocycles. The molecule has 29 heavy (non-hydrogen) atoms. The van der Waals surface area contributed by atoms with E-state index in [0.29, 0.717) is 17.3 Å². The van der Waals surface area contributed by atoms with E-state index in [9.17, 15) is 18.0 Å². The van der Waals surface area contributed by atoms with E-state index in [-0.39, 0.29) is 24.7 Å². The summed E-state index contributed by atoms with van der Waals surface area (Å²) in [6, 6.07) is 5.99. The third-order valence-electron chi connectivity index (χ3n) is 3.93. The number of rotatable bonds is 7. The van der Waals surface area contributed by atoms with Crippen molar-refractivity contribution in [3.63, 3.8) is 0 Å². The van der Waals surface area contributed by atoms with Crippen molar-refractivity contribution in [3.05, 3.63) is 64.7 Å². The molecule has 7 nitrogen and oxygen atoms in total. The number of ether oxygens (including phenoxy) is 1. The van der Waals surface area contributed by atoms with Crippen molar-refractivity contribution in [1.82, 2.24) is 24.9 Å². The molecular formula is C18H17ClF3N5O2. The van der Waals surface area contributed by atoms with E-state index in [0.717, 1.165) is 12.1 Å². The zero-order chi connectivity index (χ0) is 21.0. The lowest BCUT2D eigenvalue weighted by Crippen LogP contribution is -2.24. The molecule has 1 N–H and O–H groups in total. The highest BCUT2D eigenvalue weighted by Crippen LogP contribution is 2.31. The van der Waals surface area contributed by atoms with Gasteiger partial charge in [0, 0.05) is 18.9 Å². The van der Waals surface area contributed by atoms with E-state index in [2.05, 4.69) is 15.5 Å². The predicted octanol–water partition coefficient (Wildman–Crippen LogP) is 3.74. The van der Waals surface area contributed by atoms with Gasteiger partial charge in [-0.05, 0) is 31.2 Å². The highest BCUT2D eigenvalue weighted by molar-refractivity contribution is 6.31. The van der Waals surface area contributed by atoms with E-state index >= 15 is 0 Å². The summed E-state index contributed by atoms with van der Waals surface area (Å²) in [6.07, 6.45) is -1.30. The molecule has 2 heterocycles. The van der Waals surface area contributed by atoms with Gasteiger partial charge in [0.05, 0.1) is 17.1 Å². The molecule has 1 aromatic carbocycles. The van der Waals surface area contributed by atoms with Crippen molar-refractivity contribution in [2.45, 2.75) is 32.9 Å². The number of carbonyl (C=O) groups excluding carboxylic acids is 1. The molecule has 0 atom stereocenters. The van der Waals surface area contributed by atoms with Crippen LogP contribution in [0, 0.1) is 0 Å². The van der Waals surface area contributed by atoms with Gasteiger partial charge in [-0.1, -0.05) is 17.7 Å². The number of hydrogen-bond donors (Lipinski definition) is 1. The van der Waals surface area contributed by atoms with Crippen molar-refractivity contribution in [1.29, 1.82) is 0 Å². The largest absolute Gasteiger partial charge is 0.471 e. The molecule has 1 amide bonds. The minimum atomic E-state index is -4.45. The fraction of sp³-hybridized carbons (Fsp3) is 0.278. The summed E-state index contributed by atoms with van der Waals surface area (Å²) in [5.41, 5.74) is -0.141. The van der Waals surface area contributed by atoms with Crippen LogP contribution in [0.5, 0.6) is 5.75 Å². The van der Waals surface area contributed by atoms with E-state index in [1.165, 1.54) is 29.1 Å². The maximum absolute atomic E-state index is 12.7. The van der Waals surface area contributed by atoms with Crippen molar-refractivity contribution < 1.29 is 22.7 Å². The van der Waals surface area contributed by atoms with Crippen LogP contribution in [-0.2, 0) is 26.0 Å². The van der Waals surface area contributed by atoms with Gasteiger partial charge in [-0.15, -0.1) is 0 Å². The summed E-state index contributed by atoms with van der Waals surface area (Å²) in [6.45, 7) is 2.56. The number of amides is 1. The lowest BCUT2D eigenvalue weighted by molar-refractivity contribution is -0.137. The molecule has 0 fully saturated rings. The topological polar surface area (TPSA) is 74.0 Å². The van der Waals surface area contributed by atoms with Crippen LogP contribution in [0.15, 0.2) is 42.7 Å². The van der Waals surface area contributed by atoms with E-state index < -0.39 is 17.6 Å². The van der Waals surface area contributed by atoms with Crippen LogP contribution in [0.1, 0.15) is 28.7 Å². The molecule has 0 aliphatic rings. The quantitative estimate of drug-likeness (QED) is 0.623. The number of hydrogen-bond acceptors (Lipinski definition) is 4. The smallest absolute Gasteiger partial charge is 0.416 e. The second kappa shape index (κ2) is 8.56. The molecule has 3 aromatic rings. The molecule has 3 rings (SSSR count). The summed E-state index contributed by atoms with van der Waals surface area (Å²) in [5.74, 6) is -0.396. The van der Waals surface area contributed by atoms with Gasteiger partial charge in [0.2, 0.25) is 0 Å². The number of benzene rings is 1. The van der Waals surface area contributed by atoms with Crippen LogP contribution >= 0.6 is 11.6 Å². The van der Waals surface area contributed by atoms with Crippen molar-refractivity contribution in [3.8, 4) is 5.75 Å². The van der Waals surface area contributed by atoms with Crippen molar-refractivity contribution in [2.75, 3.05) is 0 Å². The highest BCUT2D eigenvalue weighted by atomic mass is 35.5. The van der Waals surface area contributed by atoms with Gasteiger partial charge in [-0.3, -0.25) is 9.48 Å². The molecule has 0 aliphatic carbocycles. The average Bonchev–Trinajstić information content (AvgIpc) is 3.30. The Hall–Kier alpha value is -3.01. The number of aromatic nitrogens is 4. The molecule has 0 saturated carbocycles. The van der Waals surface area contributed by atoms with Gasteiger partial charge in [-0.25, -0.2) is 4.68 Å². The van der Waals surface area contributed by atoms with Gasteiger partial charge >= 0.3 is 6.18 Å². The van der Waals surface area contributed by atoms with Crippen molar-refractivity contribution >= 4 is 17.5 Å². The predicted molar refractivity (Wildman–Crippen MR) is 98.4 cm³/mol. The Kier molecular flexibility index (Phi) is 6.12. The fourth-order valence-electron chi connectivity index (χ4n) is 2.43. The number of nitrogens with one attached hydrogen (secondary N) is 1. The third-order valence-corrected chi connectivity index (χ3v) is 4.24. The first-order valence-electron chi connectivity index (χ1n) is 8.60. The second-order valence-electron chi connectivity index (χ2n) is 6.00. The third kappa shape index (κ3) is 5.29. The molecule has 0 bridgehead atoms. The Morgan fingerprint density at radius 1 is 1.24 bits per heavy atom. The summed E-state index contributed by atoms with van der Waals surface area (Å²) in [5, 5.41) is 11.4. The van der Waals surface area contributed by atoms with Crippen molar-refractivity contribution in [2.24, 2.45) is 0 Å². The van der Waals surface area contributed by atoms with Gasteiger partial charge in [0.15, 0.2) is 6.73 Å². The van der Waals surface area contributed by atoms with Crippen LogP contribution in [0.2, 0.25) is 5.02 Å². The van der Waals surface area contributed by atoms with Gasteiger partial charge in [0.1, 0.15) is 17.1 Å². The molecule has 154 valence electrons. The number of carbonyl (C=O) groups is 1. The normalized spacial score (nSPS) is 11.5. The standard InChI is InChI=1S/C18H17ClF3N5O2/c1-2-26-10-14(19)16(25-26)9-23-17(28)15-6-7-27(24-15)11-29-13-5-3-4-12(8-13)18(20,21)22/h3-8,10H,2,9,11H2,1H3,(H,23,28). The maximum atomic E-state index is 12.7. The lowest BCUT2D eigenvalue weighted by atomic mass is 10.2. The van der Waals surface area contributed by atoms with E-state index in [1.807, 2.05) is 6.92 Å². The number of alkyl halides is 3. The number of aryl methyl sites for hydroxylation is 1. The first-order chi connectivity index (χ1) is 13.8. The maximum Gasteiger partial charge on any atom is 0.416 e. The van der Waals surface area contributed by atoms with E-state index in [4.69, 9.17) is 16.3 Å². The zero-order valence-corrected chi connectivity index (χ0v) is 16.0. The molecule has 11 heteroatoms. The highest BCUT2D eigenvalue weighted by Gasteiger charge is 2.30. The van der Waals surface area contributed by atoms with Crippen LogP contribution < -0.4 is 10.1 Å². The fourth-order valence-corrected chi connectivity index (χ4v) is 2.65. The molecular weight excluding hydrogens is 411 g/mol. The van der Waals surface area contributed by atoms with Gasteiger partial charge in [0.25, 0.3) is 5.91 Å². The minimum Gasteiger partial charge on any atom is -0.471 e. The van der Waals surface area contributed by atoms with Crippen LogP contribution in [0.25, 0.3) is 0 Å². The van der Waals surface area contributed by atoms with Crippen LogP contribution in [0.4, 0.5) is 13.2 Å². The summed E-state index contributed by atoms with van der Waals surface area (Å²) < 4.78 is 46.5. The minimum absolute atomic E-state index is 0.0440. The monoisotopic (exact) mass is 427 g/mol. The number of halogens is 4. The summed E-state index contributed by atoms with van der Waals surface area (Å²) in [4.78, 5) is 12.2. The molecule has 0 spiro atoms. The first kappa shape index (κ1) is 20.7.